The third-order valence-corrected chi connectivity index (χ3v) is 4.48. The van der Waals surface area contributed by atoms with Crippen molar-refractivity contribution in [2.24, 2.45) is 17.7 Å². The highest BCUT2D eigenvalue weighted by atomic mass is 19.1. The van der Waals surface area contributed by atoms with Crippen molar-refractivity contribution in [3.05, 3.63) is 35.6 Å². The highest BCUT2D eigenvalue weighted by molar-refractivity contribution is 5.22. The Bertz CT molecular complexity index is 386. The maximum Gasteiger partial charge on any atom is 0.128 e. The third kappa shape index (κ3) is 3.54. The molecule has 0 aromatic heterocycles. The highest BCUT2D eigenvalue weighted by Gasteiger charge is 2.28. The van der Waals surface area contributed by atoms with Gasteiger partial charge in [-0.25, -0.2) is 4.39 Å². The molecule has 1 aromatic carbocycles. The van der Waals surface area contributed by atoms with Crippen LogP contribution in [0, 0.1) is 17.7 Å². The van der Waals surface area contributed by atoms with Gasteiger partial charge in [0.1, 0.15) is 5.82 Å². The molecule has 1 atom stereocenters. The largest absolute Gasteiger partial charge is 0.271 e. The minimum absolute atomic E-state index is 0.0521. The van der Waals surface area contributed by atoms with E-state index in [4.69, 9.17) is 5.84 Å². The first-order valence-electron chi connectivity index (χ1n) is 7.46. The van der Waals surface area contributed by atoms with Gasteiger partial charge in [-0.3, -0.25) is 11.3 Å². The summed E-state index contributed by atoms with van der Waals surface area (Å²) in [5.41, 5.74) is 3.55. The molecule has 0 amide bonds. The fourth-order valence-corrected chi connectivity index (χ4v) is 3.43. The Hall–Kier alpha value is -0.930. The van der Waals surface area contributed by atoms with Crippen molar-refractivity contribution in [2.75, 3.05) is 0 Å². The predicted molar refractivity (Wildman–Crippen MR) is 76.8 cm³/mol. The summed E-state index contributed by atoms with van der Waals surface area (Å²) < 4.78 is 13.9. The molecule has 1 aliphatic carbocycles. The van der Waals surface area contributed by atoms with Gasteiger partial charge in [-0.15, -0.1) is 0 Å². The molecule has 0 spiro atoms. The van der Waals surface area contributed by atoms with Gasteiger partial charge in [-0.1, -0.05) is 50.8 Å². The average Bonchev–Trinajstić information content (AvgIpc) is 2.44. The van der Waals surface area contributed by atoms with Crippen molar-refractivity contribution >= 4 is 0 Å². The van der Waals surface area contributed by atoms with E-state index in [1.165, 1.54) is 31.7 Å². The third-order valence-electron chi connectivity index (χ3n) is 4.48. The van der Waals surface area contributed by atoms with Crippen molar-refractivity contribution in [1.29, 1.82) is 0 Å². The molecule has 19 heavy (non-hydrogen) atoms. The average molecular weight is 264 g/mol. The van der Waals surface area contributed by atoms with E-state index in [1.54, 1.807) is 6.07 Å². The maximum absolute atomic E-state index is 13.9. The summed E-state index contributed by atoms with van der Waals surface area (Å²) in [7, 11) is 0. The Morgan fingerprint density at radius 3 is 2.53 bits per heavy atom. The van der Waals surface area contributed by atoms with Crippen LogP contribution in [0.5, 0.6) is 0 Å². The van der Waals surface area contributed by atoms with Gasteiger partial charge in [-0.05, 0) is 30.7 Å². The van der Waals surface area contributed by atoms with Crippen LogP contribution < -0.4 is 11.3 Å². The fraction of sp³-hybridized carbons (Fsp3) is 0.625. The van der Waals surface area contributed by atoms with E-state index in [9.17, 15) is 4.39 Å². The summed E-state index contributed by atoms with van der Waals surface area (Å²) in [6.07, 6.45) is 7.40. The van der Waals surface area contributed by atoms with E-state index in [-0.39, 0.29) is 11.9 Å². The maximum atomic E-state index is 13.9. The molecule has 1 aliphatic rings. The number of hydrazine groups is 1. The van der Waals surface area contributed by atoms with Crippen LogP contribution in [-0.2, 0) is 0 Å². The summed E-state index contributed by atoms with van der Waals surface area (Å²) in [6.45, 7) is 2.25. The molecule has 2 nitrogen and oxygen atoms in total. The molecule has 0 aliphatic heterocycles. The van der Waals surface area contributed by atoms with Gasteiger partial charge in [0.05, 0.1) is 6.04 Å². The minimum Gasteiger partial charge on any atom is -0.271 e. The van der Waals surface area contributed by atoms with E-state index in [1.807, 2.05) is 12.1 Å². The van der Waals surface area contributed by atoms with E-state index >= 15 is 0 Å². The number of benzene rings is 1. The second kappa shape index (κ2) is 7.01. The quantitative estimate of drug-likeness (QED) is 0.624. The van der Waals surface area contributed by atoms with Gasteiger partial charge in [0.25, 0.3) is 0 Å². The molecule has 1 fully saturated rings. The van der Waals surface area contributed by atoms with Crippen LogP contribution in [0.25, 0.3) is 0 Å². The summed E-state index contributed by atoms with van der Waals surface area (Å²) in [5.74, 6) is 6.84. The predicted octanol–water partition coefficient (Wildman–Crippen LogP) is 3.94. The SMILES string of the molecule is CCCC1CCC(C(NN)c2ccccc2F)CC1. The van der Waals surface area contributed by atoms with E-state index < -0.39 is 0 Å². The Kier molecular flexibility index (Phi) is 5.34. The normalized spacial score (nSPS) is 25.2. The van der Waals surface area contributed by atoms with Gasteiger partial charge in [0.2, 0.25) is 0 Å². The Morgan fingerprint density at radius 1 is 1.26 bits per heavy atom. The molecule has 0 bridgehead atoms. The smallest absolute Gasteiger partial charge is 0.128 e. The Balaban J connectivity index is 2.02. The van der Waals surface area contributed by atoms with Crippen LogP contribution >= 0.6 is 0 Å². The number of halogens is 1. The Labute approximate surface area is 115 Å². The van der Waals surface area contributed by atoms with Gasteiger partial charge >= 0.3 is 0 Å². The molecule has 3 N–H and O–H groups in total. The van der Waals surface area contributed by atoms with Crippen LogP contribution in [0.4, 0.5) is 4.39 Å². The van der Waals surface area contributed by atoms with E-state index in [0.717, 1.165) is 18.8 Å². The van der Waals surface area contributed by atoms with Crippen molar-refractivity contribution in [2.45, 2.75) is 51.5 Å². The van der Waals surface area contributed by atoms with Crippen LogP contribution in [-0.4, -0.2) is 0 Å². The van der Waals surface area contributed by atoms with Gasteiger partial charge in [0.15, 0.2) is 0 Å². The molecule has 2 rings (SSSR count). The molecular formula is C16H25FN2. The first-order chi connectivity index (χ1) is 9.26. The lowest BCUT2D eigenvalue weighted by Crippen LogP contribution is -2.36. The van der Waals surface area contributed by atoms with Crippen LogP contribution in [0.15, 0.2) is 24.3 Å². The van der Waals surface area contributed by atoms with E-state index in [2.05, 4.69) is 12.3 Å². The first-order valence-corrected chi connectivity index (χ1v) is 7.46. The molecule has 106 valence electrons. The van der Waals surface area contributed by atoms with Crippen LogP contribution in [0.3, 0.4) is 0 Å². The molecule has 1 saturated carbocycles. The van der Waals surface area contributed by atoms with Crippen LogP contribution in [0.2, 0.25) is 0 Å². The second-order valence-electron chi connectivity index (χ2n) is 5.74. The molecule has 0 heterocycles. The topological polar surface area (TPSA) is 38.0 Å². The van der Waals surface area contributed by atoms with Gasteiger partial charge in [-0.2, -0.15) is 0 Å². The van der Waals surface area contributed by atoms with Crippen LogP contribution in [0.1, 0.15) is 57.1 Å². The molecule has 0 radical (unpaired) electrons. The van der Waals surface area contributed by atoms with Crippen molar-refractivity contribution in [1.82, 2.24) is 5.43 Å². The molecule has 0 saturated heterocycles. The number of nitrogens with two attached hydrogens (primary N) is 1. The summed E-state index contributed by atoms with van der Waals surface area (Å²) in [5, 5.41) is 0. The number of rotatable bonds is 5. The fourth-order valence-electron chi connectivity index (χ4n) is 3.43. The lowest BCUT2D eigenvalue weighted by Gasteiger charge is -2.34. The van der Waals surface area contributed by atoms with E-state index in [0.29, 0.717) is 11.5 Å². The summed E-state index contributed by atoms with van der Waals surface area (Å²) in [6, 6.07) is 6.92. The van der Waals surface area contributed by atoms with Gasteiger partial charge < -0.3 is 0 Å². The molecule has 1 unspecified atom stereocenters. The highest BCUT2D eigenvalue weighted by Crippen LogP contribution is 2.38. The lowest BCUT2D eigenvalue weighted by molar-refractivity contribution is 0.212. The minimum atomic E-state index is -0.152. The standard InChI is InChI=1S/C16H25FN2/c1-2-5-12-8-10-13(11-9-12)16(19-18)14-6-3-4-7-15(14)17/h3-4,6-7,12-13,16,19H,2,5,8-11,18H2,1H3. The zero-order chi connectivity index (χ0) is 13.7. The molecular weight excluding hydrogens is 239 g/mol. The first kappa shape index (κ1) is 14.5. The zero-order valence-electron chi connectivity index (χ0n) is 11.7. The lowest BCUT2D eigenvalue weighted by atomic mass is 9.75. The van der Waals surface area contributed by atoms with Crippen molar-refractivity contribution < 1.29 is 4.39 Å². The zero-order valence-corrected chi connectivity index (χ0v) is 11.7. The number of hydrogen-bond acceptors (Lipinski definition) is 2. The molecule has 1 aromatic rings. The van der Waals surface area contributed by atoms with Crippen molar-refractivity contribution in [3.8, 4) is 0 Å². The number of hydrogen-bond donors (Lipinski definition) is 2. The monoisotopic (exact) mass is 264 g/mol. The second-order valence-corrected chi connectivity index (χ2v) is 5.74. The number of nitrogens with one attached hydrogen (secondary N) is 1. The van der Waals surface area contributed by atoms with Gasteiger partial charge in [0, 0.05) is 5.56 Å². The van der Waals surface area contributed by atoms with Crippen molar-refractivity contribution in [3.63, 3.8) is 0 Å². The molecule has 3 heteroatoms. The summed E-state index contributed by atoms with van der Waals surface area (Å²) in [4.78, 5) is 0. The Morgan fingerprint density at radius 2 is 1.95 bits per heavy atom. The summed E-state index contributed by atoms with van der Waals surface area (Å²) >= 11 is 0.